The summed E-state index contributed by atoms with van der Waals surface area (Å²) < 4.78 is 10.5. The smallest absolute Gasteiger partial charge is 0.0844 e. The molecule has 0 atom stereocenters. The SMILES string of the molecule is COCCNCc1cc(-c2ccc(Br)cc2)ns1. The van der Waals surface area contributed by atoms with E-state index in [1.165, 1.54) is 4.88 Å². The van der Waals surface area contributed by atoms with Crippen LogP contribution in [0.1, 0.15) is 4.88 Å². The fourth-order valence-corrected chi connectivity index (χ4v) is 2.51. The molecule has 1 heterocycles. The Kier molecular flexibility index (Phi) is 5.31. The quantitative estimate of drug-likeness (QED) is 0.827. The van der Waals surface area contributed by atoms with Crippen molar-refractivity contribution in [2.24, 2.45) is 0 Å². The van der Waals surface area contributed by atoms with Gasteiger partial charge >= 0.3 is 0 Å². The van der Waals surface area contributed by atoms with Gasteiger partial charge in [-0.05, 0) is 29.7 Å². The molecule has 0 spiro atoms. The molecule has 96 valence electrons. The largest absolute Gasteiger partial charge is 0.383 e. The van der Waals surface area contributed by atoms with Gasteiger partial charge in [0.2, 0.25) is 0 Å². The minimum atomic E-state index is 0.734. The molecule has 0 aliphatic rings. The zero-order chi connectivity index (χ0) is 12.8. The van der Waals surface area contributed by atoms with Gasteiger partial charge in [-0.1, -0.05) is 28.1 Å². The minimum Gasteiger partial charge on any atom is -0.383 e. The van der Waals surface area contributed by atoms with Crippen LogP contribution in [-0.2, 0) is 11.3 Å². The molecule has 1 aromatic heterocycles. The summed E-state index contributed by atoms with van der Waals surface area (Å²) in [6, 6.07) is 10.3. The van der Waals surface area contributed by atoms with E-state index in [4.69, 9.17) is 4.74 Å². The molecular formula is C13H15BrN2OS. The molecule has 2 rings (SSSR count). The predicted molar refractivity (Wildman–Crippen MR) is 78.8 cm³/mol. The van der Waals surface area contributed by atoms with E-state index < -0.39 is 0 Å². The first-order valence-corrected chi connectivity index (χ1v) is 7.27. The van der Waals surface area contributed by atoms with Gasteiger partial charge in [-0.25, -0.2) is 0 Å². The lowest BCUT2D eigenvalue weighted by molar-refractivity contribution is 0.199. The molecule has 0 aliphatic carbocycles. The van der Waals surface area contributed by atoms with Gasteiger partial charge in [-0.15, -0.1) is 0 Å². The Hall–Kier alpha value is -0.750. The molecule has 0 fully saturated rings. The Morgan fingerprint density at radius 1 is 1.33 bits per heavy atom. The van der Waals surface area contributed by atoms with Gasteiger partial charge in [0.25, 0.3) is 0 Å². The maximum Gasteiger partial charge on any atom is 0.0844 e. The highest BCUT2D eigenvalue weighted by Gasteiger charge is 2.04. The fourth-order valence-electron chi connectivity index (χ4n) is 1.54. The molecule has 0 radical (unpaired) electrons. The van der Waals surface area contributed by atoms with Crippen LogP contribution in [0.25, 0.3) is 11.3 Å². The van der Waals surface area contributed by atoms with E-state index in [0.29, 0.717) is 0 Å². The summed E-state index contributed by atoms with van der Waals surface area (Å²) in [5.74, 6) is 0. The first-order chi connectivity index (χ1) is 8.79. The molecule has 0 amide bonds. The molecule has 0 saturated carbocycles. The zero-order valence-corrected chi connectivity index (χ0v) is 12.6. The van der Waals surface area contributed by atoms with Crippen molar-refractivity contribution in [3.63, 3.8) is 0 Å². The van der Waals surface area contributed by atoms with Gasteiger partial charge in [0.05, 0.1) is 12.3 Å². The number of nitrogens with one attached hydrogen (secondary N) is 1. The lowest BCUT2D eigenvalue weighted by Gasteiger charge is -2.00. The van der Waals surface area contributed by atoms with Gasteiger partial charge in [-0.2, -0.15) is 4.37 Å². The standard InChI is InChI=1S/C13H15BrN2OS/c1-17-7-6-15-9-12-8-13(16-18-12)10-2-4-11(14)5-3-10/h2-5,8,15H,6-7,9H2,1H3. The number of benzene rings is 1. The molecule has 5 heteroatoms. The van der Waals surface area contributed by atoms with E-state index in [2.05, 4.69) is 43.8 Å². The van der Waals surface area contributed by atoms with Gasteiger partial charge in [0.1, 0.15) is 0 Å². The fraction of sp³-hybridized carbons (Fsp3) is 0.308. The number of rotatable bonds is 6. The molecule has 2 aromatic rings. The van der Waals surface area contributed by atoms with Crippen molar-refractivity contribution >= 4 is 27.5 Å². The maximum atomic E-state index is 4.99. The maximum absolute atomic E-state index is 4.99. The molecule has 18 heavy (non-hydrogen) atoms. The van der Waals surface area contributed by atoms with Crippen molar-refractivity contribution in [3.05, 3.63) is 39.7 Å². The molecule has 0 bridgehead atoms. The van der Waals surface area contributed by atoms with Gasteiger partial charge in [0, 0.05) is 35.1 Å². The number of ether oxygens (including phenoxy) is 1. The topological polar surface area (TPSA) is 34.1 Å². The third-order valence-corrected chi connectivity index (χ3v) is 3.79. The van der Waals surface area contributed by atoms with Crippen LogP contribution in [0.3, 0.4) is 0 Å². The zero-order valence-electron chi connectivity index (χ0n) is 10.1. The van der Waals surface area contributed by atoms with Crippen LogP contribution >= 0.6 is 27.5 Å². The summed E-state index contributed by atoms with van der Waals surface area (Å²) in [5, 5.41) is 3.31. The van der Waals surface area contributed by atoms with Crippen LogP contribution in [0.5, 0.6) is 0 Å². The van der Waals surface area contributed by atoms with E-state index >= 15 is 0 Å². The van der Waals surface area contributed by atoms with E-state index in [-0.39, 0.29) is 0 Å². The Morgan fingerprint density at radius 3 is 2.83 bits per heavy atom. The average molecular weight is 327 g/mol. The molecular weight excluding hydrogens is 312 g/mol. The summed E-state index contributed by atoms with van der Waals surface area (Å²) >= 11 is 4.97. The van der Waals surface area contributed by atoms with Crippen LogP contribution in [-0.4, -0.2) is 24.6 Å². The molecule has 3 nitrogen and oxygen atoms in total. The third kappa shape index (κ3) is 3.88. The van der Waals surface area contributed by atoms with Crippen molar-refractivity contribution in [3.8, 4) is 11.3 Å². The Balaban J connectivity index is 1.95. The lowest BCUT2D eigenvalue weighted by Crippen LogP contribution is -2.17. The molecule has 1 N–H and O–H groups in total. The van der Waals surface area contributed by atoms with E-state index in [9.17, 15) is 0 Å². The number of nitrogens with zero attached hydrogens (tertiary/aromatic N) is 1. The summed E-state index contributed by atoms with van der Waals surface area (Å²) in [6.45, 7) is 2.44. The van der Waals surface area contributed by atoms with Crippen molar-refractivity contribution in [1.82, 2.24) is 9.69 Å². The lowest BCUT2D eigenvalue weighted by atomic mass is 10.1. The van der Waals surface area contributed by atoms with E-state index in [1.807, 2.05) is 12.1 Å². The van der Waals surface area contributed by atoms with Crippen LogP contribution in [0, 0.1) is 0 Å². The highest BCUT2D eigenvalue weighted by molar-refractivity contribution is 9.10. The number of aromatic nitrogens is 1. The Bertz CT molecular complexity index is 484. The number of halogens is 1. The van der Waals surface area contributed by atoms with Crippen molar-refractivity contribution in [1.29, 1.82) is 0 Å². The second kappa shape index (κ2) is 6.99. The van der Waals surface area contributed by atoms with Crippen LogP contribution in [0.2, 0.25) is 0 Å². The minimum absolute atomic E-state index is 0.734. The Morgan fingerprint density at radius 2 is 2.11 bits per heavy atom. The van der Waals surface area contributed by atoms with Crippen LogP contribution < -0.4 is 5.32 Å². The molecule has 0 saturated heterocycles. The molecule has 0 unspecified atom stereocenters. The normalized spacial score (nSPS) is 10.8. The second-order valence-electron chi connectivity index (χ2n) is 3.85. The first kappa shape index (κ1) is 13.7. The summed E-state index contributed by atoms with van der Waals surface area (Å²) in [6.07, 6.45) is 0. The summed E-state index contributed by atoms with van der Waals surface area (Å²) in [5.41, 5.74) is 2.19. The molecule has 0 aliphatic heterocycles. The number of hydrogen-bond donors (Lipinski definition) is 1. The summed E-state index contributed by atoms with van der Waals surface area (Å²) in [7, 11) is 1.71. The first-order valence-electron chi connectivity index (χ1n) is 5.71. The van der Waals surface area contributed by atoms with Crippen molar-refractivity contribution in [2.75, 3.05) is 20.3 Å². The average Bonchev–Trinajstić information content (AvgIpc) is 2.84. The van der Waals surface area contributed by atoms with Gasteiger partial charge < -0.3 is 10.1 Å². The summed E-state index contributed by atoms with van der Waals surface area (Å²) in [4.78, 5) is 1.24. The molecule has 1 aromatic carbocycles. The highest BCUT2D eigenvalue weighted by atomic mass is 79.9. The highest BCUT2D eigenvalue weighted by Crippen LogP contribution is 2.23. The van der Waals surface area contributed by atoms with E-state index in [1.54, 1.807) is 18.6 Å². The van der Waals surface area contributed by atoms with Gasteiger partial charge in [-0.3, -0.25) is 0 Å². The second-order valence-corrected chi connectivity index (χ2v) is 5.66. The van der Waals surface area contributed by atoms with Crippen molar-refractivity contribution in [2.45, 2.75) is 6.54 Å². The van der Waals surface area contributed by atoms with Crippen LogP contribution in [0.15, 0.2) is 34.8 Å². The number of methoxy groups -OCH3 is 1. The van der Waals surface area contributed by atoms with E-state index in [0.717, 1.165) is 35.4 Å². The predicted octanol–water partition coefficient (Wildman–Crippen LogP) is 3.31. The number of hydrogen-bond acceptors (Lipinski definition) is 4. The van der Waals surface area contributed by atoms with Crippen LogP contribution in [0.4, 0.5) is 0 Å². The monoisotopic (exact) mass is 326 g/mol. The van der Waals surface area contributed by atoms with Crippen molar-refractivity contribution < 1.29 is 4.74 Å². The van der Waals surface area contributed by atoms with Gasteiger partial charge in [0.15, 0.2) is 0 Å². The third-order valence-electron chi connectivity index (χ3n) is 2.48. The Labute approximate surface area is 119 Å².